The maximum atomic E-state index is 9.99. The molecule has 0 heterocycles. The van der Waals surface area contributed by atoms with Gasteiger partial charge in [0.25, 0.3) is 0 Å². The van der Waals surface area contributed by atoms with Gasteiger partial charge in [-0.05, 0) is 12.0 Å². The lowest BCUT2D eigenvalue weighted by Crippen LogP contribution is -2.00. The second-order valence-electron chi connectivity index (χ2n) is 2.72. The van der Waals surface area contributed by atoms with Crippen molar-refractivity contribution in [1.82, 2.24) is 0 Å². The molecule has 0 saturated carbocycles. The summed E-state index contributed by atoms with van der Waals surface area (Å²) in [4.78, 5) is 9.99. The minimum atomic E-state index is -1.22. The normalized spacial score (nSPS) is 10.3. The standard InChI is InChI=1S/C11H12O3/c12-11(13)14-9-5-4-8-10-6-2-1-3-7-10/h1-4,6-8H,5,9H2,(H,12,13)/b8-4+. The van der Waals surface area contributed by atoms with Crippen molar-refractivity contribution in [1.29, 1.82) is 0 Å². The monoisotopic (exact) mass is 192 g/mol. The number of rotatable bonds is 4. The molecule has 1 aromatic carbocycles. The molecule has 1 aromatic rings. The molecule has 0 aliphatic rings. The molecule has 0 unspecified atom stereocenters. The molecule has 0 amide bonds. The van der Waals surface area contributed by atoms with Gasteiger partial charge in [-0.15, -0.1) is 0 Å². The first-order valence-corrected chi connectivity index (χ1v) is 4.36. The van der Waals surface area contributed by atoms with E-state index in [1.54, 1.807) is 0 Å². The van der Waals surface area contributed by atoms with Crippen LogP contribution in [0.3, 0.4) is 0 Å². The SMILES string of the molecule is O=C(O)OCC/C=C/c1ccccc1. The molecule has 1 N–H and O–H groups in total. The van der Waals surface area contributed by atoms with Crippen LogP contribution in [0.15, 0.2) is 36.4 Å². The fourth-order valence-electron chi connectivity index (χ4n) is 0.998. The Morgan fingerprint density at radius 1 is 1.36 bits per heavy atom. The third-order valence-corrected chi connectivity index (χ3v) is 1.62. The minimum absolute atomic E-state index is 0.207. The summed E-state index contributed by atoms with van der Waals surface area (Å²) in [6, 6.07) is 9.81. The summed E-state index contributed by atoms with van der Waals surface area (Å²) >= 11 is 0. The van der Waals surface area contributed by atoms with Crippen molar-refractivity contribution in [2.75, 3.05) is 6.61 Å². The number of hydrogen-bond donors (Lipinski definition) is 1. The lowest BCUT2D eigenvalue weighted by atomic mass is 10.2. The van der Waals surface area contributed by atoms with Crippen LogP contribution in [0, 0.1) is 0 Å². The molecule has 1 rings (SSSR count). The van der Waals surface area contributed by atoms with Gasteiger partial charge in [-0.2, -0.15) is 0 Å². The lowest BCUT2D eigenvalue weighted by Gasteiger charge is -1.95. The summed E-state index contributed by atoms with van der Waals surface area (Å²) in [5.41, 5.74) is 1.10. The van der Waals surface area contributed by atoms with Gasteiger partial charge in [0.15, 0.2) is 0 Å². The van der Waals surface area contributed by atoms with Crippen LogP contribution in [0.2, 0.25) is 0 Å². The minimum Gasteiger partial charge on any atom is -0.450 e. The van der Waals surface area contributed by atoms with E-state index in [4.69, 9.17) is 5.11 Å². The van der Waals surface area contributed by atoms with Gasteiger partial charge in [0.1, 0.15) is 0 Å². The van der Waals surface area contributed by atoms with Gasteiger partial charge in [0, 0.05) is 0 Å². The quantitative estimate of drug-likeness (QED) is 0.589. The topological polar surface area (TPSA) is 46.5 Å². The maximum absolute atomic E-state index is 9.99. The van der Waals surface area contributed by atoms with Gasteiger partial charge in [0.05, 0.1) is 6.61 Å². The molecule has 0 bridgehead atoms. The second kappa shape index (κ2) is 5.80. The molecule has 0 aliphatic heterocycles. The summed E-state index contributed by atoms with van der Waals surface area (Å²) in [5.74, 6) is 0. The van der Waals surface area contributed by atoms with Gasteiger partial charge < -0.3 is 9.84 Å². The second-order valence-corrected chi connectivity index (χ2v) is 2.72. The van der Waals surface area contributed by atoms with E-state index in [-0.39, 0.29) is 6.61 Å². The molecule has 0 radical (unpaired) electrons. The van der Waals surface area contributed by atoms with Crippen molar-refractivity contribution in [2.24, 2.45) is 0 Å². The zero-order valence-corrected chi connectivity index (χ0v) is 7.72. The van der Waals surface area contributed by atoms with E-state index >= 15 is 0 Å². The van der Waals surface area contributed by atoms with Crippen molar-refractivity contribution >= 4 is 12.2 Å². The van der Waals surface area contributed by atoms with E-state index in [0.29, 0.717) is 6.42 Å². The van der Waals surface area contributed by atoms with Crippen LogP contribution in [0.1, 0.15) is 12.0 Å². The molecule has 3 nitrogen and oxygen atoms in total. The number of benzene rings is 1. The van der Waals surface area contributed by atoms with E-state index in [0.717, 1.165) is 5.56 Å². The van der Waals surface area contributed by atoms with E-state index < -0.39 is 6.16 Å². The summed E-state index contributed by atoms with van der Waals surface area (Å²) in [7, 11) is 0. The Balaban J connectivity index is 2.25. The molecule has 3 heteroatoms. The Bertz CT molecular complexity index is 304. The Labute approximate surface area is 82.6 Å². The Morgan fingerprint density at radius 3 is 2.71 bits per heavy atom. The van der Waals surface area contributed by atoms with Crippen molar-refractivity contribution in [3.05, 3.63) is 42.0 Å². The summed E-state index contributed by atoms with van der Waals surface area (Å²) in [6.07, 6.45) is 3.20. The highest BCUT2D eigenvalue weighted by atomic mass is 16.7. The average Bonchev–Trinajstić information content (AvgIpc) is 2.18. The fraction of sp³-hybridized carbons (Fsp3) is 0.182. The number of carbonyl (C=O) groups is 1. The number of hydrogen-bond acceptors (Lipinski definition) is 2. The van der Waals surface area contributed by atoms with Crippen molar-refractivity contribution in [3.63, 3.8) is 0 Å². The van der Waals surface area contributed by atoms with E-state index in [1.165, 1.54) is 0 Å². The summed E-state index contributed by atoms with van der Waals surface area (Å²) in [5, 5.41) is 8.18. The predicted molar refractivity (Wildman–Crippen MR) is 54.1 cm³/mol. The smallest absolute Gasteiger partial charge is 0.450 e. The lowest BCUT2D eigenvalue weighted by molar-refractivity contribution is 0.0933. The van der Waals surface area contributed by atoms with Crippen molar-refractivity contribution in [3.8, 4) is 0 Å². The molecule has 0 saturated heterocycles. The fourth-order valence-corrected chi connectivity index (χ4v) is 0.998. The Morgan fingerprint density at radius 2 is 2.07 bits per heavy atom. The molecule has 14 heavy (non-hydrogen) atoms. The van der Waals surface area contributed by atoms with Crippen LogP contribution in [0.5, 0.6) is 0 Å². The van der Waals surface area contributed by atoms with E-state index in [1.807, 2.05) is 42.5 Å². The van der Waals surface area contributed by atoms with Crippen LogP contribution >= 0.6 is 0 Å². The molecule has 0 fully saturated rings. The molecule has 0 aliphatic carbocycles. The highest BCUT2D eigenvalue weighted by Crippen LogP contribution is 2.01. The predicted octanol–water partition coefficient (Wildman–Crippen LogP) is 2.78. The van der Waals surface area contributed by atoms with Gasteiger partial charge in [-0.1, -0.05) is 42.5 Å². The largest absolute Gasteiger partial charge is 0.505 e. The van der Waals surface area contributed by atoms with Gasteiger partial charge in [0.2, 0.25) is 0 Å². The number of carboxylic acid groups (broad SMARTS) is 1. The van der Waals surface area contributed by atoms with Crippen molar-refractivity contribution in [2.45, 2.75) is 6.42 Å². The van der Waals surface area contributed by atoms with Gasteiger partial charge in [-0.25, -0.2) is 4.79 Å². The molecular weight excluding hydrogens is 180 g/mol. The molecular formula is C11H12O3. The van der Waals surface area contributed by atoms with Gasteiger partial charge >= 0.3 is 6.16 Å². The maximum Gasteiger partial charge on any atom is 0.505 e. The molecule has 0 aromatic heterocycles. The first kappa shape index (κ1) is 10.3. The van der Waals surface area contributed by atoms with Crippen LogP contribution in [0.4, 0.5) is 4.79 Å². The molecule has 0 atom stereocenters. The highest BCUT2D eigenvalue weighted by molar-refractivity contribution is 5.56. The van der Waals surface area contributed by atoms with Gasteiger partial charge in [-0.3, -0.25) is 0 Å². The molecule has 0 spiro atoms. The Kier molecular flexibility index (Phi) is 4.27. The third kappa shape index (κ3) is 4.30. The first-order valence-electron chi connectivity index (χ1n) is 4.36. The highest BCUT2D eigenvalue weighted by Gasteiger charge is 1.92. The van der Waals surface area contributed by atoms with Crippen LogP contribution < -0.4 is 0 Å². The Hall–Kier alpha value is -1.77. The average molecular weight is 192 g/mol. The van der Waals surface area contributed by atoms with Crippen LogP contribution in [-0.4, -0.2) is 17.9 Å². The zero-order valence-electron chi connectivity index (χ0n) is 7.72. The third-order valence-electron chi connectivity index (χ3n) is 1.62. The van der Waals surface area contributed by atoms with Crippen LogP contribution in [0.25, 0.3) is 6.08 Å². The van der Waals surface area contributed by atoms with E-state index in [2.05, 4.69) is 4.74 Å². The summed E-state index contributed by atoms with van der Waals surface area (Å²) in [6.45, 7) is 0.207. The zero-order chi connectivity index (χ0) is 10.2. The number of ether oxygens (including phenoxy) is 1. The summed E-state index contributed by atoms with van der Waals surface area (Å²) < 4.78 is 4.35. The van der Waals surface area contributed by atoms with E-state index in [9.17, 15) is 4.79 Å². The first-order chi connectivity index (χ1) is 6.79. The molecule has 74 valence electrons. The van der Waals surface area contributed by atoms with Crippen LogP contribution in [-0.2, 0) is 4.74 Å². The van der Waals surface area contributed by atoms with Crippen molar-refractivity contribution < 1.29 is 14.6 Å².